The van der Waals surface area contributed by atoms with Crippen molar-refractivity contribution >= 4 is 18.0 Å². The molecule has 1 fully saturated rings. The first-order valence-corrected chi connectivity index (χ1v) is 5.68. The van der Waals surface area contributed by atoms with Gasteiger partial charge in [-0.2, -0.15) is 0 Å². The summed E-state index contributed by atoms with van der Waals surface area (Å²) >= 11 is 0. The minimum Gasteiger partial charge on any atom is -0.377 e. The molecule has 0 aliphatic carbocycles. The molecule has 1 atom stereocenters. The summed E-state index contributed by atoms with van der Waals surface area (Å²) in [5.74, 6) is -0.912. The Morgan fingerprint density at radius 2 is 2.06 bits per heavy atom. The van der Waals surface area contributed by atoms with E-state index in [2.05, 4.69) is 5.32 Å². The zero-order chi connectivity index (χ0) is 13.4. The second-order valence-electron chi connectivity index (χ2n) is 3.81. The molecule has 1 aliphatic heterocycles. The Balaban J connectivity index is 2.64. The van der Waals surface area contributed by atoms with Gasteiger partial charge in [-0.1, -0.05) is 0 Å². The molecule has 7 nitrogen and oxygen atoms in total. The summed E-state index contributed by atoms with van der Waals surface area (Å²) in [6.07, 6.45) is 0.231. The monoisotopic (exact) mass is 257 g/mol. The molecular formula is C11H17N2O5. The Labute approximate surface area is 105 Å². The van der Waals surface area contributed by atoms with Crippen molar-refractivity contribution in [2.75, 3.05) is 46.5 Å². The molecule has 1 unspecified atom stereocenters. The fourth-order valence-corrected chi connectivity index (χ4v) is 1.69. The minimum atomic E-state index is -1.27. The summed E-state index contributed by atoms with van der Waals surface area (Å²) in [4.78, 5) is 35.5. The first kappa shape index (κ1) is 14.7. The summed E-state index contributed by atoms with van der Waals surface area (Å²) < 4.78 is 9.65. The molecule has 0 aromatic carbocycles. The Bertz CT molecular complexity index is 302. The highest BCUT2D eigenvalue weighted by Crippen LogP contribution is 2.03. The molecule has 1 aliphatic rings. The largest absolute Gasteiger partial charge is 0.377 e. The van der Waals surface area contributed by atoms with Crippen molar-refractivity contribution in [2.24, 2.45) is 0 Å². The van der Waals surface area contributed by atoms with Crippen LogP contribution in [0.2, 0.25) is 0 Å². The third-order valence-corrected chi connectivity index (χ3v) is 2.54. The molecule has 0 aromatic heterocycles. The molecule has 0 saturated carbocycles. The van der Waals surface area contributed by atoms with Crippen LogP contribution in [0, 0.1) is 0 Å². The average molecular weight is 257 g/mol. The van der Waals surface area contributed by atoms with Crippen molar-refractivity contribution in [1.29, 1.82) is 0 Å². The number of Topliss-reactive ketones (excluding diaryl/α,β-unsaturated/α-hetero) is 1. The van der Waals surface area contributed by atoms with Gasteiger partial charge in [-0.25, -0.2) is 0 Å². The quantitative estimate of drug-likeness (QED) is 0.538. The number of ketones is 1. The maximum Gasteiger partial charge on any atom is 0.259 e. The van der Waals surface area contributed by atoms with E-state index in [0.29, 0.717) is 26.2 Å². The Morgan fingerprint density at radius 3 is 2.61 bits per heavy atom. The summed E-state index contributed by atoms with van der Waals surface area (Å²) in [6.45, 7) is 1.76. The number of rotatable bonds is 7. The third kappa shape index (κ3) is 4.17. The van der Waals surface area contributed by atoms with Gasteiger partial charge in [0.25, 0.3) is 5.91 Å². The highest BCUT2D eigenvalue weighted by atomic mass is 16.5. The van der Waals surface area contributed by atoms with Gasteiger partial charge in [0.15, 0.2) is 11.9 Å². The first-order chi connectivity index (χ1) is 8.70. The summed E-state index contributed by atoms with van der Waals surface area (Å²) in [6, 6.07) is 0. The lowest BCUT2D eigenvalue weighted by Crippen LogP contribution is -2.52. The SMILES string of the molecule is COCC(=O)C(OC[C]=O)C(=O)N1CCNCC1. The zero-order valence-corrected chi connectivity index (χ0v) is 10.3. The van der Waals surface area contributed by atoms with E-state index in [1.54, 1.807) is 4.90 Å². The smallest absolute Gasteiger partial charge is 0.259 e. The van der Waals surface area contributed by atoms with Crippen LogP contribution in [0.15, 0.2) is 0 Å². The van der Waals surface area contributed by atoms with Crippen LogP contribution in [-0.2, 0) is 23.9 Å². The van der Waals surface area contributed by atoms with E-state index in [0.717, 1.165) is 0 Å². The average Bonchev–Trinajstić information content (AvgIpc) is 2.40. The molecular weight excluding hydrogens is 240 g/mol. The maximum absolute atomic E-state index is 12.1. The summed E-state index contributed by atoms with van der Waals surface area (Å²) in [7, 11) is 1.36. The molecule has 18 heavy (non-hydrogen) atoms. The highest BCUT2D eigenvalue weighted by Gasteiger charge is 2.31. The number of nitrogens with one attached hydrogen (secondary N) is 1. The number of nitrogens with zero attached hydrogens (tertiary/aromatic N) is 1. The van der Waals surface area contributed by atoms with Crippen LogP contribution in [0.1, 0.15) is 0 Å². The van der Waals surface area contributed by atoms with Crippen LogP contribution >= 0.6 is 0 Å². The van der Waals surface area contributed by atoms with Crippen molar-refractivity contribution in [3.8, 4) is 0 Å². The van der Waals surface area contributed by atoms with E-state index in [9.17, 15) is 14.4 Å². The lowest BCUT2D eigenvalue weighted by atomic mass is 10.2. The molecule has 1 rings (SSSR count). The topological polar surface area (TPSA) is 84.9 Å². The highest BCUT2D eigenvalue weighted by molar-refractivity contribution is 6.05. The predicted octanol–water partition coefficient (Wildman–Crippen LogP) is -1.87. The van der Waals surface area contributed by atoms with Crippen molar-refractivity contribution in [3.05, 3.63) is 0 Å². The number of amides is 1. The van der Waals surface area contributed by atoms with Gasteiger partial charge in [0.1, 0.15) is 13.2 Å². The van der Waals surface area contributed by atoms with E-state index >= 15 is 0 Å². The lowest BCUT2D eigenvalue weighted by molar-refractivity contribution is -0.152. The molecule has 7 heteroatoms. The third-order valence-electron chi connectivity index (χ3n) is 2.54. The van der Waals surface area contributed by atoms with Crippen LogP contribution in [0.3, 0.4) is 0 Å². The fraction of sp³-hybridized carbons (Fsp3) is 0.727. The number of hydrogen-bond acceptors (Lipinski definition) is 6. The van der Waals surface area contributed by atoms with Crippen molar-refractivity contribution in [2.45, 2.75) is 6.10 Å². The molecule has 0 spiro atoms. The predicted molar refractivity (Wildman–Crippen MR) is 61.8 cm³/mol. The second-order valence-corrected chi connectivity index (χ2v) is 3.81. The van der Waals surface area contributed by atoms with Gasteiger partial charge >= 0.3 is 0 Å². The van der Waals surface area contributed by atoms with Gasteiger partial charge in [-0.15, -0.1) is 0 Å². The zero-order valence-electron chi connectivity index (χ0n) is 10.3. The Hall–Kier alpha value is -1.31. The van der Waals surface area contributed by atoms with Crippen molar-refractivity contribution in [3.63, 3.8) is 0 Å². The number of methoxy groups -OCH3 is 1. The molecule has 0 bridgehead atoms. The number of piperazine rings is 1. The molecule has 101 valence electrons. The van der Waals surface area contributed by atoms with Gasteiger partial charge in [0.05, 0.1) is 0 Å². The second kappa shape index (κ2) is 7.91. The van der Waals surface area contributed by atoms with Gasteiger partial charge in [-0.05, 0) is 0 Å². The molecule has 1 N–H and O–H groups in total. The van der Waals surface area contributed by atoms with Crippen LogP contribution in [0.5, 0.6) is 0 Å². The number of hydrogen-bond donors (Lipinski definition) is 1. The number of carbonyl (C=O) groups is 2. The molecule has 1 radical (unpaired) electrons. The molecule has 1 amide bonds. The van der Waals surface area contributed by atoms with Gasteiger partial charge in [-0.3, -0.25) is 14.4 Å². The Morgan fingerprint density at radius 1 is 1.39 bits per heavy atom. The molecule has 0 aromatic rings. The van der Waals surface area contributed by atoms with Crippen LogP contribution in [0.4, 0.5) is 0 Å². The van der Waals surface area contributed by atoms with Crippen LogP contribution in [0.25, 0.3) is 0 Å². The Kier molecular flexibility index (Phi) is 6.48. The van der Waals surface area contributed by atoms with Gasteiger partial charge < -0.3 is 19.7 Å². The van der Waals surface area contributed by atoms with Crippen molar-refractivity contribution in [1.82, 2.24) is 10.2 Å². The van der Waals surface area contributed by atoms with Gasteiger partial charge in [0.2, 0.25) is 6.29 Å². The fourth-order valence-electron chi connectivity index (χ4n) is 1.69. The first-order valence-electron chi connectivity index (χ1n) is 5.68. The standard InChI is InChI=1S/C11H17N2O5/c1-17-8-9(15)10(18-7-6-14)11(16)13-4-2-12-3-5-13/h10,12H,2-5,7-8H2,1H3. The minimum absolute atomic E-state index is 0.221. The van der Waals surface area contributed by atoms with E-state index < -0.39 is 24.4 Å². The van der Waals surface area contributed by atoms with E-state index in [-0.39, 0.29) is 6.61 Å². The van der Waals surface area contributed by atoms with Crippen molar-refractivity contribution < 1.29 is 23.9 Å². The molecule has 1 saturated heterocycles. The van der Waals surface area contributed by atoms with E-state index in [1.165, 1.54) is 13.4 Å². The van der Waals surface area contributed by atoms with Crippen LogP contribution < -0.4 is 5.32 Å². The number of ether oxygens (including phenoxy) is 2. The van der Waals surface area contributed by atoms with E-state index in [4.69, 9.17) is 9.47 Å². The van der Waals surface area contributed by atoms with E-state index in [1.807, 2.05) is 0 Å². The lowest BCUT2D eigenvalue weighted by Gasteiger charge is -2.30. The molecule has 1 heterocycles. The normalized spacial score (nSPS) is 17.3. The van der Waals surface area contributed by atoms with Gasteiger partial charge in [0, 0.05) is 33.3 Å². The summed E-state index contributed by atoms with van der Waals surface area (Å²) in [5, 5.41) is 3.10. The summed E-state index contributed by atoms with van der Waals surface area (Å²) in [5.41, 5.74) is 0. The maximum atomic E-state index is 12.1. The number of carbonyl (C=O) groups excluding carboxylic acids is 3. The van der Waals surface area contributed by atoms with Crippen LogP contribution in [-0.4, -0.2) is 75.5 Å².